The average molecular weight is 418 g/mol. The minimum Gasteiger partial charge on any atom is -0.317 e. The third-order valence-electron chi connectivity index (χ3n) is 3.00. The van der Waals surface area contributed by atoms with Crippen LogP contribution in [-0.4, -0.2) is 56.8 Å². The van der Waals surface area contributed by atoms with Crippen molar-refractivity contribution >= 4 is 52.5 Å². The molecule has 0 saturated carbocycles. The molecule has 0 radical (unpaired) electrons. The molecule has 0 aromatic carbocycles. The Morgan fingerprint density at radius 2 is 2.00 bits per heavy atom. The van der Waals surface area contributed by atoms with Crippen LogP contribution in [0.2, 0.25) is 0 Å². The van der Waals surface area contributed by atoms with Gasteiger partial charge in [0.05, 0.1) is 13.2 Å². The van der Waals surface area contributed by atoms with Gasteiger partial charge in [-0.15, -0.1) is 15.8 Å². The van der Waals surface area contributed by atoms with Crippen LogP contribution in [0, 0.1) is 5.41 Å². The Morgan fingerprint density at radius 3 is 2.46 bits per heavy atom. The molecule has 1 saturated heterocycles. The normalized spacial score (nSPS) is 21.4. The SMILES string of the molecule is CCN(S(=O)N(C)C(=O)ON=C(C)SC)P1(=S)OCC(C)(C)CO1. The van der Waals surface area contributed by atoms with Gasteiger partial charge in [0.1, 0.15) is 5.04 Å². The van der Waals surface area contributed by atoms with Gasteiger partial charge in [-0.1, -0.05) is 25.9 Å². The molecule has 0 aromatic rings. The Balaban J connectivity index is 2.82. The summed E-state index contributed by atoms with van der Waals surface area (Å²) in [6.07, 6.45) is 0.956. The summed E-state index contributed by atoms with van der Waals surface area (Å²) in [6.45, 7) is 5.65. The van der Waals surface area contributed by atoms with Crippen molar-refractivity contribution in [2.24, 2.45) is 10.6 Å². The second kappa shape index (κ2) is 9.07. The molecule has 0 spiro atoms. The molecule has 1 aliphatic rings. The number of nitrogens with zero attached hydrogens (tertiary/aromatic N) is 3. The molecule has 0 aromatic heterocycles. The molecule has 1 rings (SSSR count). The molecule has 140 valence electrons. The highest BCUT2D eigenvalue weighted by molar-refractivity contribution is 8.13. The average Bonchev–Trinajstić information content (AvgIpc) is 2.55. The fourth-order valence-electron chi connectivity index (χ4n) is 1.49. The molecule has 12 heteroatoms. The van der Waals surface area contributed by atoms with E-state index >= 15 is 0 Å². The summed E-state index contributed by atoms with van der Waals surface area (Å²) >= 11 is 4.91. The molecular formula is C12H24N3O5PS3. The van der Waals surface area contributed by atoms with Gasteiger partial charge in [0.15, 0.2) is 0 Å². The van der Waals surface area contributed by atoms with Gasteiger partial charge in [-0.2, -0.15) is 0 Å². The lowest BCUT2D eigenvalue weighted by molar-refractivity contribution is 0.0502. The van der Waals surface area contributed by atoms with Crippen molar-refractivity contribution in [3.05, 3.63) is 0 Å². The zero-order chi connectivity index (χ0) is 18.5. The molecule has 1 heterocycles. The number of rotatable bonds is 5. The van der Waals surface area contributed by atoms with Crippen LogP contribution in [0.25, 0.3) is 0 Å². The molecule has 1 amide bonds. The van der Waals surface area contributed by atoms with Crippen LogP contribution in [0.1, 0.15) is 27.7 Å². The van der Waals surface area contributed by atoms with Crippen molar-refractivity contribution in [3.63, 3.8) is 0 Å². The predicted molar refractivity (Wildman–Crippen MR) is 101 cm³/mol. The number of carbonyl (C=O) groups excluding carboxylic acids is 1. The summed E-state index contributed by atoms with van der Waals surface area (Å²) in [7, 11) is 1.35. The van der Waals surface area contributed by atoms with Gasteiger partial charge in [-0.3, -0.25) is 4.84 Å². The maximum absolute atomic E-state index is 12.7. The van der Waals surface area contributed by atoms with Crippen molar-refractivity contribution < 1.29 is 22.9 Å². The second-order valence-corrected chi connectivity index (χ2v) is 11.8. The summed E-state index contributed by atoms with van der Waals surface area (Å²) in [4.78, 5) is 16.7. The molecule has 1 unspecified atom stereocenters. The predicted octanol–water partition coefficient (Wildman–Crippen LogP) is 2.95. The third-order valence-corrected chi connectivity index (χ3v) is 9.24. The van der Waals surface area contributed by atoms with Crippen molar-refractivity contribution in [1.82, 2.24) is 8.38 Å². The van der Waals surface area contributed by atoms with Crippen LogP contribution in [0.3, 0.4) is 0 Å². The quantitative estimate of drug-likeness (QED) is 0.224. The van der Waals surface area contributed by atoms with Crippen LogP contribution >= 0.6 is 18.4 Å². The first kappa shape index (κ1) is 22.0. The molecule has 0 bridgehead atoms. The fraction of sp³-hybridized carbons (Fsp3) is 0.833. The van der Waals surface area contributed by atoms with Gasteiger partial charge in [0.25, 0.3) is 6.64 Å². The first-order valence-electron chi connectivity index (χ1n) is 7.18. The number of amides is 1. The van der Waals surface area contributed by atoms with Gasteiger partial charge >= 0.3 is 6.09 Å². The zero-order valence-electron chi connectivity index (χ0n) is 14.7. The van der Waals surface area contributed by atoms with Crippen LogP contribution in [-0.2, 0) is 36.9 Å². The number of hydrogen-bond donors (Lipinski definition) is 0. The van der Waals surface area contributed by atoms with Crippen molar-refractivity contribution in [1.29, 1.82) is 0 Å². The molecule has 1 atom stereocenters. The summed E-state index contributed by atoms with van der Waals surface area (Å²) in [5.74, 6) is 0. The second-order valence-electron chi connectivity index (χ2n) is 5.75. The van der Waals surface area contributed by atoms with E-state index < -0.39 is 23.9 Å². The van der Waals surface area contributed by atoms with Crippen molar-refractivity contribution in [2.75, 3.05) is 33.1 Å². The summed E-state index contributed by atoms with van der Waals surface area (Å²) < 4.78 is 26.5. The molecule has 0 N–H and O–H groups in total. The lowest BCUT2D eigenvalue weighted by Crippen LogP contribution is -2.41. The topological polar surface area (TPSA) is 80.7 Å². The van der Waals surface area contributed by atoms with E-state index in [0.29, 0.717) is 24.8 Å². The number of hydrogen-bond acceptors (Lipinski definition) is 8. The number of oxime groups is 1. The van der Waals surface area contributed by atoms with Crippen LogP contribution < -0.4 is 0 Å². The standard InChI is InChI=1S/C12H24N3O5PS3/c1-7-15(21(22)18-8-12(3,4)9-19-21)24(17)14(5)11(16)20-13-10(2)23-6/h7-9H2,1-6H3. The van der Waals surface area contributed by atoms with Gasteiger partial charge < -0.3 is 9.05 Å². The third kappa shape index (κ3) is 5.76. The Bertz CT molecular complexity index is 558. The van der Waals surface area contributed by atoms with E-state index in [-0.39, 0.29) is 5.41 Å². The smallest absolute Gasteiger partial charge is 0.317 e. The highest BCUT2D eigenvalue weighted by Crippen LogP contribution is 2.57. The highest BCUT2D eigenvalue weighted by Gasteiger charge is 2.41. The van der Waals surface area contributed by atoms with Crippen LogP contribution in [0.5, 0.6) is 0 Å². The van der Waals surface area contributed by atoms with Gasteiger partial charge in [-0.25, -0.2) is 13.3 Å². The highest BCUT2D eigenvalue weighted by atomic mass is 32.5. The summed E-state index contributed by atoms with van der Waals surface area (Å²) in [5.41, 5.74) is -0.155. The van der Waals surface area contributed by atoms with E-state index in [2.05, 4.69) is 5.16 Å². The largest absolute Gasteiger partial charge is 0.448 e. The lowest BCUT2D eigenvalue weighted by atomic mass is 9.97. The van der Waals surface area contributed by atoms with E-state index in [4.69, 9.17) is 25.7 Å². The van der Waals surface area contributed by atoms with Crippen LogP contribution in [0.4, 0.5) is 4.79 Å². The van der Waals surface area contributed by atoms with E-state index in [1.165, 1.54) is 22.9 Å². The molecule has 0 aliphatic carbocycles. The minimum atomic E-state index is -2.92. The molecule has 1 aliphatic heterocycles. The molecule has 1 fully saturated rings. The molecule has 8 nitrogen and oxygen atoms in total. The Morgan fingerprint density at radius 1 is 1.46 bits per heavy atom. The van der Waals surface area contributed by atoms with Gasteiger partial charge in [-0.05, 0) is 25.0 Å². The maximum Gasteiger partial charge on any atom is 0.448 e. The first-order chi connectivity index (χ1) is 11.1. The maximum atomic E-state index is 12.7. The summed E-state index contributed by atoms with van der Waals surface area (Å²) in [6, 6.07) is 0. The first-order valence-corrected chi connectivity index (χ1v) is 12.1. The monoisotopic (exact) mass is 417 g/mol. The van der Waals surface area contributed by atoms with Gasteiger partial charge in [0, 0.05) is 19.0 Å². The lowest BCUT2D eigenvalue weighted by Gasteiger charge is -2.40. The van der Waals surface area contributed by atoms with Crippen molar-refractivity contribution in [3.8, 4) is 0 Å². The molecule has 24 heavy (non-hydrogen) atoms. The van der Waals surface area contributed by atoms with Crippen molar-refractivity contribution in [2.45, 2.75) is 27.7 Å². The Labute approximate surface area is 155 Å². The van der Waals surface area contributed by atoms with E-state index in [0.717, 1.165) is 4.31 Å². The van der Waals surface area contributed by atoms with E-state index in [1.54, 1.807) is 20.1 Å². The van der Waals surface area contributed by atoms with Crippen LogP contribution in [0.15, 0.2) is 5.16 Å². The number of carbonyl (C=O) groups is 1. The minimum absolute atomic E-state index is 0.155. The Hall–Kier alpha value is -0.0300. The summed E-state index contributed by atoms with van der Waals surface area (Å²) in [5, 5.41) is 4.21. The zero-order valence-corrected chi connectivity index (χ0v) is 18.0. The van der Waals surface area contributed by atoms with Gasteiger partial charge in [0.2, 0.25) is 11.2 Å². The molecular weight excluding hydrogens is 393 g/mol. The van der Waals surface area contributed by atoms with E-state index in [9.17, 15) is 9.00 Å². The Kier molecular flexibility index (Phi) is 8.32. The number of thioether (sulfide) groups is 1. The fourth-order valence-corrected chi connectivity index (χ4v) is 6.44. The van der Waals surface area contributed by atoms with E-state index in [1.807, 2.05) is 13.8 Å².